The van der Waals surface area contributed by atoms with E-state index >= 15 is 0 Å². The van der Waals surface area contributed by atoms with E-state index in [-0.39, 0.29) is 30.7 Å². The van der Waals surface area contributed by atoms with Gasteiger partial charge in [-0.05, 0) is 55.8 Å². The lowest BCUT2D eigenvalue weighted by Crippen LogP contribution is -2.54. The van der Waals surface area contributed by atoms with Gasteiger partial charge < -0.3 is 30.9 Å². The maximum atomic E-state index is 13.7. The quantitative estimate of drug-likeness (QED) is 0.244. The van der Waals surface area contributed by atoms with Crippen LogP contribution in [0.3, 0.4) is 0 Å². The predicted octanol–water partition coefficient (Wildman–Crippen LogP) is 2.14. The summed E-state index contributed by atoms with van der Waals surface area (Å²) in [6.45, 7) is 1.12. The summed E-state index contributed by atoms with van der Waals surface area (Å²) in [5.74, 6) is -1.97. The maximum Gasteiger partial charge on any atom is 0.326 e. The minimum absolute atomic E-state index is 0.0205. The molecule has 0 aliphatic carbocycles. The molecule has 2 aliphatic heterocycles. The smallest absolute Gasteiger partial charge is 0.326 e. The number of amides is 3. The second kappa shape index (κ2) is 13.0. The van der Waals surface area contributed by atoms with Crippen molar-refractivity contribution < 1.29 is 24.3 Å². The van der Waals surface area contributed by atoms with Gasteiger partial charge in [0.15, 0.2) is 0 Å². The van der Waals surface area contributed by atoms with Crippen molar-refractivity contribution in [3.05, 3.63) is 71.9 Å². The summed E-state index contributed by atoms with van der Waals surface area (Å²) in [5.41, 5.74) is 2.75. The van der Waals surface area contributed by atoms with Crippen molar-refractivity contribution in [2.75, 3.05) is 13.1 Å². The molecule has 3 heterocycles. The molecule has 0 spiro atoms. The topological polar surface area (TPSA) is 144 Å². The third kappa shape index (κ3) is 6.94. The SMILES string of the molecule is O=C(CC(Cc1ccccc1)NC(=O)C1CCCN1)NC(Cc1c[nH]c2ccccc12)C(=O)N1CCCC1C(=O)O. The fourth-order valence-electron chi connectivity index (χ4n) is 5.97. The van der Waals surface area contributed by atoms with Gasteiger partial charge in [-0.2, -0.15) is 0 Å². The second-order valence-corrected chi connectivity index (χ2v) is 11.0. The Morgan fingerprint density at radius 1 is 0.951 bits per heavy atom. The first-order chi connectivity index (χ1) is 19.9. The van der Waals surface area contributed by atoms with E-state index in [0.29, 0.717) is 25.8 Å². The molecule has 2 aromatic carbocycles. The number of rotatable bonds is 11. The number of para-hydroxylation sites is 1. The molecule has 0 bridgehead atoms. The van der Waals surface area contributed by atoms with Crippen molar-refractivity contribution in [1.82, 2.24) is 25.8 Å². The Balaban J connectivity index is 1.34. The number of hydrogen-bond acceptors (Lipinski definition) is 5. The summed E-state index contributed by atoms with van der Waals surface area (Å²) >= 11 is 0. The first-order valence-electron chi connectivity index (χ1n) is 14.3. The number of hydrogen-bond donors (Lipinski definition) is 5. The molecular weight excluding hydrogens is 522 g/mol. The van der Waals surface area contributed by atoms with Gasteiger partial charge in [0.2, 0.25) is 17.7 Å². The highest BCUT2D eigenvalue weighted by Crippen LogP contribution is 2.23. The van der Waals surface area contributed by atoms with Crippen molar-refractivity contribution >= 4 is 34.6 Å². The van der Waals surface area contributed by atoms with E-state index in [1.54, 1.807) is 0 Å². The van der Waals surface area contributed by atoms with E-state index in [1.807, 2.05) is 60.8 Å². The number of nitrogens with zero attached hydrogens (tertiary/aromatic N) is 1. The van der Waals surface area contributed by atoms with Crippen LogP contribution in [0, 0.1) is 0 Å². The van der Waals surface area contributed by atoms with Crippen LogP contribution >= 0.6 is 0 Å². The fourth-order valence-corrected chi connectivity index (χ4v) is 5.97. The highest BCUT2D eigenvalue weighted by Gasteiger charge is 2.38. The molecule has 2 fully saturated rings. The van der Waals surface area contributed by atoms with Crippen LogP contribution in [-0.2, 0) is 32.0 Å². The molecule has 4 unspecified atom stereocenters. The molecule has 0 saturated carbocycles. The molecule has 10 nitrogen and oxygen atoms in total. The molecule has 41 heavy (non-hydrogen) atoms. The summed E-state index contributed by atoms with van der Waals surface area (Å²) in [7, 11) is 0. The Morgan fingerprint density at radius 2 is 1.73 bits per heavy atom. The molecule has 216 valence electrons. The molecule has 10 heteroatoms. The first-order valence-corrected chi connectivity index (χ1v) is 14.3. The van der Waals surface area contributed by atoms with E-state index in [9.17, 15) is 24.3 Å². The van der Waals surface area contributed by atoms with Gasteiger partial charge in [-0.3, -0.25) is 14.4 Å². The second-order valence-electron chi connectivity index (χ2n) is 11.0. The number of aromatic amines is 1. The van der Waals surface area contributed by atoms with Crippen LogP contribution in [0.4, 0.5) is 0 Å². The molecule has 2 saturated heterocycles. The standard InChI is InChI=1S/C31H37N5O5/c37-28(18-22(16-20-8-2-1-3-9-20)34-29(38)25-12-6-14-32-25)35-26(30(39)36-15-7-13-27(36)31(40)41)17-21-19-33-24-11-5-4-10-23(21)24/h1-5,8-11,19,22,25-27,32-33H,6-7,12-18H2,(H,34,38)(H,35,37)(H,40,41). The minimum Gasteiger partial charge on any atom is -0.480 e. The van der Waals surface area contributed by atoms with Gasteiger partial charge in [0.05, 0.1) is 6.04 Å². The van der Waals surface area contributed by atoms with Gasteiger partial charge in [0, 0.05) is 42.5 Å². The number of carboxylic acid groups (broad SMARTS) is 1. The summed E-state index contributed by atoms with van der Waals surface area (Å²) in [4.78, 5) is 56.6. The van der Waals surface area contributed by atoms with E-state index in [2.05, 4.69) is 20.9 Å². The zero-order valence-corrected chi connectivity index (χ0v) is 23.0. The van der Waals surface area contributed by atoms with E-state index in [1.165, 1.54) is 4.90 Å². The average molecular weight is 560 g/mol. The van der Waals surface area contributed by atoms with E-state index in [4.69, 9.17) is 0 Å². The number of nitrogens with one attached hydrogen (secondary N) is 4. The van der Waals surface area contributed by atoms with Crippen LogP contribution in [0.2, 0.25) is 0 Å². The molecule has 0 radical (unpaired) electrons. The van der Waals surface area contributed by atoms with Gasteiger partial charge in [0.25, 0.3) is 0 Å². The molecular formula is C31H37N5O5. The Kier molecular flexibility index (Phi) is 8.98. The predicted molar refractivity (Wildman–Crippen MR) is 154 cm³/mol. The van der Waals surface area contributed by atoms with Crippen LogP contribution in [0.1, 0.15) is 43.2 Å². The summed E-state index contributed by atoms with van der Waals surface area (Å²) in [6.07, 6.45) is 5.12. The van der Waals surface area contributed by atoms with Crippen molar-refractivity contribution in [3.63, 3.8) is 0 Å². The lowest BCUT2D eigenvalue weighted by atomic mass is 10.0. The van der Waals surface area contributed by atoms with Gasteiger partial charge in [-0.25, -0.2) is 4.79 Å². The molecule has 3 amide bonds. The van der Waals surface area contributed by atoms with E-state index in [0.717, 1.165) is 41.4 Å². The van der Waals surface area contributed by atoms with Gasteiger partial charge in [0.1, 0.15) is 12.1 Å². The number of carboxylic acids is 1. The highest BCUT2D eigenvalue weighted by atomic mass is 16.4. The van der Waals surface area contributed by atoms with Crippen molar-refractivity contribution in [2.45, 2.75) is 69.1 Å². The molecule has 4 atom stereocenters. The Hall–Kier alpha value is -4.18. The Bertz CT molecular complexity index is 1380. The number of fused-ring (bicyclic) bond motifs is 1. The summed E-state index contributed by atoms with van der Waals surface area (Å²) in [5, 5.41) is 19.8. The molecule has 5 rings (SSSR count). The number of benzene rings is 2. The normalized spacial score (nSPS) is 20.0. The van der Waals surface area contributed by atoms with Gasteiger partial charge >= 0.3 is 5.97 Å². The number of carbonyl (C=O) groups is 4. The van der Waals surface area contributed by atoms with Crippen LogP contribution in [0.15, 0.2) is 60.8 Å². The molecule has 2 aliphatic rings. The number of likely N-dealkylation sites (tertiary alicyclic amines) is 1. The lowest BCUT2D eigenvalue weighted by molar-refractivity contribution is -0.149. The monoisotopic (exact) mass is 559 g/mol. The van der Waals surface area contributed by atoms with Gasteiger partial charge in [-0.15, -0.1) is 0 Å². The fraction of sp³-hybridized carbons (Fsp3) is 0.419. The zero-order chi connectivity index (χ0) is 28.8. The average Bonchev–Trinajstić information content (AvgIpc) is 3.74. The molecule has 5 N–H and O–H groups in total. The number of H-pyrrole nitrogens is 1. The maximum absolute atomic E-state index is 13.7. The van der Waals surface area contributed by atoms with Crippen LogP contribution < -0.4 is 16.0 Å². The Morgan fingerprint density at radius 3 is 2.49 bits per heavy atom. The van der Waals surface area contributed by atoms with E-state index < -0.39 is 30.0 Å². The minimum atomic E-state index is -1.04. The van der Waals surface area contributed by atoms with Crippen molar-refractivity contribution in [3.8, 4) is 0 Å². The van der Waals surface area contributed by atoms with Crippen molar-refractivity contribution in [2.24, 2.45) is 0 Å². The molecule has 1 aromatic heterocycles. The number of carbonyl (C=O) groups excluding carboxylic acids is 3. The lowest BCUT2D eigenvalue weighted by Gasteiger charge is -2.28. The summed E-state index contributed by atoms with van der Waals surface area (Å²) < 4.78 is 0. The van der Waals surface area contributed by atoms with Gasteiger partial charge in [-0.1, -0.05) is 48.5 Å². The number of aliphatic carboxylic acids is 1. The first kappa shape index (κ1) is 28.4. The summed E-state index contributed by atoms with van der Waals surface area (Å²) in [6, 6.07) is 14.7. The largest absolute Gasteiger partial charge is 0.480 e. The van der Waals surface area contributed by atoms with Crippen LogP contribution in [0.5, 0.6) is 0 Å². The third-order valence-corrected chi connectivity index (χ3v) is 8.03. The Labute approximate surface area is 238 Å². The van der Waals surface area contributed by atoms with Crippen molar-refractivity contribution in [1.29, 1.82) is 0 Å². The third-order valence-electron chi connectivity index (χ3n) is 8.03. The van der Waals surface area contributed by atoms with Crippen LogP contribution in [-0.4, -0.2) is 75.9 Å². The highest BCUT2D eigenvalue weighted by molar-refractivity contribution is 5.92. The van der Waals surface area contributed by atoms with Crippen LogP contribution in [0.25, 0.3) is 10.9 Å². The molecule has 3 aromatic rings. The number of aromatic nitrogens is 1. The zero-order valence-electron chi connectivity index (χ0n) is 23.0.